The van der Waals surface area contributed by atoms with Gasteiger partial charge in [-0.1, -0.05) is 49.4 Å². The Morgan fingerprint density at radius 2 is 1.82 bits per heavy atom. The van der Waals surface area contributed by atoms with Gasteiger partial charge in [0.25, 0.3) is 0 Å². The summed E-state index contributed by atoms with van der Waals surface area (Å²) in [5, 5.41) is 17.3. The fourth-order valence-electron chi connectivity index (χ4n) is 4.08. The van der Waals surface area contributed by atoms with Crippen LogP contribution in [0.4, 0.5) is 0 Å². The summed E-state index contributed by atoms with van der Waals surface area (Å²) in [6.07, 6.45) is 1.83. The molecule has 0 unspecified atom stereocenters. The van der Waals surface area contributed by atoms with E-state index in [0.717, 1.165) is 46.4 Å². The van der Waals surface area contributed by atoms with Gasteiger partial charge < -0.3 is 20.9 Å². The van der Waals surface area contributed by atoms with Crippen LogP contribution in [0.15, 0.2) is 60.7 Å². The van der Waals surface area contributed by atoms with E-state index in [-0.39, 0.29) is 11.3 Å². The van der Waals surface area contributed by atoms with Gasteiger partial charge in [-0.3, -0.25) is 5.41 Å². The van der Waals surface area contributed by atoms with Crippen LogP contribution in [0.1, 0.15) is 46.2 Å². The second kappa shape index (κ2) is 9.67. The summed E-state index contributed by atoms with van der Waals surface area (Å²) < 4.78 is 2.19. The molecule has 0 fully saturated rings. The average Bonchev–Trinajstić information content (AvgIpc) is 3.12. The highest BCUT2D eigenvalue weighted by molar-refractivity contribution is 5.99. The Bertz CT molecular complexity index is 1320. The van der Waals surface area contributed by atoms with Crippen molar-refractivity contribution < 1.29 is 15.4 Å². The zero-order chi connectivity index (χ0) is 22.8. The fourth-order valence-corrected chi connectivity index (χ4v) is 4.08. The number of nitrogens with zero attached hydrogens (tertiary/aromatic N) is 2. The molecule has 0 atom stereocenters. The Morgan fingerprint density at radius 3 is 2.45 bits per heavy atom. The molecular weight excluding hydrogens is 416 g/mol. The van der Waals surface area contributed by atoms with E-state index in [1.54, 1.807) is 12.1 Å². The number of amidine groups is 1. The van der Waals surface area contributed by atoms with Gasteiger partial charge in [0.05, 0.1) is 16.6 Å². The molecule has 4 rings (SSSR count). The molecule has 3 aromatic carbocycles. The molecule has 6 N–H and O–H groups in total. The van der Waals surface area contributed by atoms with Crippen LogP contribution in [0.3, 0.4) is 0 Å². The number of aromatic nitrogens is 2. The maximum atomic E-state index is 11.6. The van der Waals surface area contributed by atoms with Crippen LogP contribution in [0.2, 0.25) is 0 Å². The number of rotatable bonds is 7. The lowest BCUT2D eigenvalue weighted by Crippen LogP contribution is -2.12. The molecule has 7 heteroatoms. The second-order valence-electron chi connectivity index (χ2n) is 7.99. The van der Waals surface area contributed by atoms with Crippen molar-refractivity contribution in [3.63, 3.8) is 0 Å². The maximum absolute atomic E-state index is 11.6. The third-order valence-corrected chi connectivity index (χ3v) is 5.67. The van der Waals surface area contributed by atoms with Crippen LogP contribution in [0.25, 0.3) is 22.2 Å². The van der Waals surface area contributed by atoms with Gasteiger partial charge in [0.15, 0.2) is 0 Å². The molecule has 33 heavy (non-hydrogen) atoms. The van der Waals surface area contributed by atoms with Crippen LogP contribution >= 0.6 is 0 Å². The topological polar surface area (TPSA) is 136 Å². The van der Waals surface area contributed by atoms with Crippen molar-refractivity contribution in [2.75, 3.05) is 0 Å². The fraction of sp³-hybridized carbons (Fsp3) is 0.192. The number of hydrogen-bond donors (Lipinski definition) is 3. The normalized spacial score (nSPS) is 10.7. The lowest BCUT2D eigenvalue weighted by atomic mass is 9.98. The average molecular weight is 445 g/mol. The highest BCUT2D eigenvalue weighted by Crippen LogP contribution is 2.27. The summed E-state index contributed by atoms with van der Waals surface area (Å²) in [5.74, 6) is 0.114. The molecule has 0 saturated heterocycles. The molecule has 0 amide bonds. The summed E-state index contributed by atoms with van der Waals surface area (Å²) >= 11 is 0. The van der Waals surface area contributed by atoms with E-state index in [9.17, 15) is 9.90 Å². The van der Waals surface area contributed by atoms with Crippen molar-refractivity contribution in [3.05, 3.63) is 88.7 Å². The van der Waals surface area contributed by atoms with Crippen LogP contribution in [0, 0.1) is 12.3 Å². The number of aromatic carboxylic acids is 1. The third-order valence-electron chi connectivity index (χ3n) is 5.67. The minimum absolute atomic E-state index is 0. The number of carboxylic acids is 1. The minimum atomic E-state index is -0.935. The number of carboxylic acid groups (broad SMARTS) is 1. The van der Waals surface area contributed by atoms with Gasteiger partial charge in [-0.2, -0.15) is 0 Å². The number of aryl methyl sites for hydroxylation is 2. The lowest BCUT2D eigenvalue weighted by Gasteiger charge is -2.12. The van der Waals surface area contributed by atoms with E-state index < -0.39 is 5.97 Å². The highest BCUT2D eigenvalue weighted by atomic mass is 16.4. The first kappa shape index (κ1) is 23.7. The van der Waals surface area contributed by atoms with Gasteiger partial charge in [0.2, 0.25) is 0 Å². The zero-order valence-corrected chi connectivity index (χ0v) is 18.7. The summed E-state index contributed by atoms with van der Waals surface area (Å²) in [7, 11) is 0. The molecule has 0 bridgehead atoms. The van der Waals surface area contributed by atoms with E-state index in [0.29, 0.717) is 23.2 Å². The molecule has 0 aliphatic heterocycles. The van der Waals surface area contributed by atoms with Gasteiger partial charge in [-0.15, -0.1) is 0 Å². The second-order valence-corrected chi connectivity index (χ2v) is 7.99. The van der Waals surface area contributed by atoms with Crippen LogP contribution in [-0.2, 0) is 13.0 Å². The van der Waals surface area contributed by atoms with E-state index in [1.807, 2.05) is 55.5 Å². The molecular formula is C26H28N4O3. The van der Waals surface area contributed by atoms with Gasteiger partial charge in [-0.25, -0.2) is 9.78 Å². The van der Waals surface area contributed by atoms with Gasteiger partial charge in [-0.05, 0) is 53.8 Å². The molecule has 1 heterocycles. The summed E-state index contributed by atoms with van der Waals surface area (Å²) in [5.41, 5.74) is 12.3. The minimum Gasteiger partial charge on any atom is -0.478 e. The molecule has 7 nitrogen and oxygen atoms in total. The number of carbonyl (C=O) groups is 1. The number of nitrogens with one attached hydrogen (secondary N) is 1. The van der Waals surface area contributed by atoms with Crippen molar-refractivity contribution >= 4 is 22.8 Å². The van der Waals surface area contributed by atoms with E-state index in [4.69, 9.17) is 16.1 Å². The Kier molecular flexibility index (Phi) is 6.94. The van der Waals surface area contributed by atoms with Gasteiger partial charge >= 0.3 is 5.97 Å². The van der Waals surface area contributed by atoms with Crippen molar-refractivity contribution in [1.29, 1.82) is 5.41 Å². The van der Waals surface area contributed by atoms with Crippen LogP contribution in [0.5, 0.6) is 0 Å². The van der Waals surface area contributed by atoms with Crippen molar-refractivity contribution in [3.8, 4) is 11.1 Å². The molecule has 0 saturated carbocycles. The van der Waals surface area contributed by atoms with Crippen molar-refractivity contribution in [2.45, 2.75) is 33.2 Å². The van der Waals surface area contributed by atoms with Crippen LogP contribution < -0.4 is 5.73 Å². The number of hydrogen-bond acceptors (Lipinski definition) is 3. The van der Waals surface area contributed by atoms with Gasteiger partial charge in [0.1, 0.15) is 11.7 Å². The van der Waals surface area contributed by atoms with E-state index in [1.165, 1.54) is 0 Å². The molecule has 0 aliphatic rings. The number of nitrogen functional groups attached to an aromatic ring is 1. The Morgan fingerprint density at radius 1 is 1.12 bits per heavy atom. The Balaban J connectivity index is 0.00000306. The predicted molar refractivity (Wildman–Crippen MR) is 131 cm³/mol. The quantitative estimate of drug-likeness (QED) is 0.291. The van der Waals surface area contributed by atoms with Crippen molar-refractivity contribution in [1.82, 2.24) is 9.55 Å². The highest BCUT2D eigenvalue weighted by Gasteiger charge is 2.15. The Labute approximate surface area is 192 Å². The number of imidazole rings is 1. The molecule has 0 radical (unpaired) electrons. The van der Waals surface area contributed by atoms with E-state index in [2.05, 4.69) is 11.5 Å². The van der Waals surface area contributed by atoms with Crippen LogP contribution in [-0.4, -0.2) is 31.9 Å². The van der Waals surface area contributed by atoms with Gasteiger partial charge in [0, 0.05) is 18.5 Å². The van der Waals surface area contributed by atoms with Crippen molar-refractivity contribution in [2.24, 2.45) is 5.73 Å². The maximum Gasteiger partial charge on any atom is 0.336 e. The summed E-state index contributed by atoms with van der Waals surface area (Å²) in [6, 6.07) is 18.8. The smallest absolute Gasteiger partial charge is 0.336 e. The molecule has 0 aliphatic carbocycles. The summed E-state index contributed by atoms with van der Waals surface area (Å²) in [6.45, 7) is 4.76. The first-order valence-electron chi connectivity index (χ1n) is 10.6. The molecule has 0 spiro atoms. The molecule has 170 valence electrons. The first-order valence-corrected chi connectivity index (χ1v) is 10.6. The first-order chi connectivity index (χ1) is 15.4. The van der Waals surface area contributed by atoms with E-state index >= 15 is 0 Å². The third kappa shape index (κ3) is 4.63. The summed E-state index contributed by atoms with van der Waals surface area (Å²) in [4.78, 5) is 16.4. The monoisotopic (exact) mass is 444 g/mol. The number of nitrogens with two attached hydrogens (primary N) is 1. The molecule has 1 aromatic heterocycles. The predicted octanol–water partition coefficient (Wildman–Crippen LogP) is 4.17. The lowest BCUT2D eigenvalue weighted by molar-refractivity contribution is 0.0697. The number of fused-ring (bicyclic) bond motifs is 1. The molecule has 4 aromatic rings. The largest absolute Gasteiger partial charge is 0.478 e. The Hall–Kier alpha value is -3.97. The number of benzene rings is 3. The SMILES string of the molecule is CCCc1nc2c(C)cc(C(=N)N)cc2n1Cc1ccc(-c2ccccc2C(=O)O)cc1.O. The zero-order valence-electron chi connectivity index (χ0n) is 18.7. The standard InChI is InChI=1S/C26H26N4O2.H2O/c1-3-6-23-29-24-16(2)13-19(25(27)28)14-22(24)30(23)15-17-9-11-18(12-10-17)20-7-4-5-8-21(20)26(31)32;/h4-5,7-14H,3,6,15H2,1-2H3,(H3,27,28)(H,31,32);1H2.